The quantitative estimate of drug-likeness (QED) is 0.572. The first-order chi connectivity index (χ1) is 16.7. The van der Waals surface area contributed by atoms with Crippen LogP contribution in [-0.2, 0) is 18.3 Å². The number of halogens is 2. The minimum Gasteiger partial charge on any atom is -0.377 e. The van der Waals surface area contributed by atoms with Gasteiger partial charge in [0.1, 0.15) is 35.3 Å². The lowest BCUT2D eigenvalue weighted by Gasteiger charge is -2.40. The SMILES string of the molecule is CCC1COCC(C)N1C(=O)c1cc2c(NCc3cccc(C(C)F)c3F)ncnc2n(C)c1=O. The minimum absolute atomic E-state index is 0.00415. The second-order valence-electron chi connectivity index (χ2n) is 8.83. The number of fused-ring (bicyclic) bond motifs is 1. The highest BCUT2D eigenvalue weighted by Gasteiger charge is 2.33. The molecule has 1 aromatic carbocycles. The molecule has 1 fully saturated rings. The number of nitrogens with one attached hydrogen (secondary N) is 1. The van der Waals surface area contributed by atoms with Gasteiger partial charge in [-0.1, -0.05) is 25.1 Å². The molecule has 1 aliphatic rings. The van der Waals surface area contributed by atoms with Crippen LogP contribution >= 0.6 is 0 Å². The monoisotopic (exact) mass is 485 g/mol. The molecule has 2 aromatic heterocycles. The van der Waals surface area contributed by atoms with E-state index in [9.17, 15) is 18.4 Å². The van der Waals surface area contributed by atoms with E-state index in [1.165, 1.54) is 30.0 Å². The molecular weight excluding hydrogens is 456 g/mol. The topological polar surface area (TPSA) is 89.3 Å². The number of ether oxygens (including phenoxy) is 1. The van der Waals surface area contributed by atoms with Crippen LogP contribution in [0.1, 0.15) is 54.8 Å². The van der Waals surface area contributed by atoms with Gasteiger partial charge in [-0.3, -0.25) is 14.2 Å². The molecule has 0 bridgehead atoms. The zero-order valence-corrected chi connectivity index (χ0v) is 20.2. The van der Waals surface area contributed by atoms with E-state index < -0.39 is 17.5 Å². The molecule has 3 aromatic rings. The number of morpholine rings is 1. The van der Waals surface area contributed by atoms with Gasteiger partial charge in [-0.25, -0.2) is 18.7 Å². The van der Waals surface area contributed by atoms with Crippen molar-refractivity contribution in [2.45, 2.75) is 52.0 Å². The van der Waals surface area contributed by atoms with Crippen LogP contribution in [0.25, 0.3) is 11.0 Å². The van der Waals surface area contributed by atoms with Crippen molar-refractivity contribution in [1.29, 1.82) is 0 Å². The molecule has 0 spiro atoms. The van der Waals surface area contributed by atoms with Crippen LogP contribution in [-0.4, -0.2) is 50.6 Å². The van der Waals surface area contributed by atoms with Gasteiger partial charge in [0.15, 0.2) is 0 Å². The highest BCUT2D eigenvalue weighted by Crippen LogP contribution is 2.25. The first-order valence-electron chi connectivity index (χ1n) is 11.6. The number of amides is 1. The summed E-state index contributed by atoms with van der Waals surface area (Å²) in [6, 6.07) is 5.75. The summed E-state index contributed by atoms with van der Waals surface area (Å²) in [5.41, 5.74) is 0.128. The number of alkyl halides is 1. The average Bonchev–Trinajstić information content (AvgIpc) is 2.84. The number of benzene rings is 1. The van der Waals surface area contributed by atoms with Gasteiger partial charge in [-0.2, -0.15) is 0 Å². The van der Waals surface area contributed by atoms with Crippen molar-refractivity contribution < 1.29 is 18.3 Å². The Morgan fingerprint density at radius 2 is 2.09 bits per heavy atom. The highest BCUT2D eigenvalue weighted by molar-refractivity contribution is 5.99. The van der Waals surface area contributed by atoms with Gasteiger partial charge >= 0.3 is 0 Å². The van der Waals surface area contributed by atoms with E-state index in [1.54, 1.807) is 24.1 Å². The van der Waals surface area contributed by atoms with Crippen LogP contribution in [0.15, 0.2) is 35.4 Å². The standard InChI is InChI=1S/C25H29F2N5O3/c1-5-17-12-35-11-14(2)32(17)25(34)20-9-19-22(29-13-30-23(19)31(4)24(20)33)28-10-16-7-6-8-18(15(3)26)21(16)27/h6-9,13-15,17H,5,10-12H2,1-4H3,(H,28,29,30). The van der Waals surface area contributed by atoms with Gasteiger partial charge in [0, 0.05) is 24.7 Å². The Bertz CT molecular complexity index is 1310. The van der Waals surface area contributed by atoms with Crippen molar-refractivity contribution in [3.05, 3.63) is 63.5 Å². The lowest BCUT2D eigenvalue weighted by molar-refractivity contribution is -0.0314. The summed E-state index contributed by atoms with van der Waals surface area (Å²) in [6.07, 6.45) is 0.550. The number of pyridine rings is 1. The van der Waals surface area contributed by atoms with Crippen LogP contribution in [0, 0.1) is 5.82 Å². The van der Waals surface area contributed by atoms with Crippen LogP contribution < -0.4 is 10.9 Å². The smallest absolute Gasteiger partial charge is 0.264 e. The van der Waals surface area contributed by atoms with E-state index in [4.69, 9.17) is 4.74 Å². The summed E-state index contributed by atoms with van der Waals surface area (Å²) >= 11 is 0. The molecule has 8 nitrogen and oxygen atoms in total. The second kappa shape index (κ2) is 10.1. The summed E-state index contributed by atoms with van der Waals surface area (Å²) in [4.78, 5) is 36.9. The third-order valence-corrected chi connectivity index (χ3v) is 6.46. The maximum Gasteiger partial charge on any atom is 0.264 e. The van der Waals surface area contributed by atoms with Crippen molar-refractivity contribution in [3.63, 3.8) is 0 Å². The number of nitrogens with zero attached hydrogens (tertiary/aromatic N) is 4. The molecule has 1 N–H and O–H groups in total. The fourth-order valence-corrected chi connectivity index (χ4v) is 4.50. The highest BCUT2D eigenvalue weighted by atomic mass is 19.1. The first-order valence-corrected chi connectivity index (χ1v) is 11.6. The number of rotatable bonds is 6. The van der Waals surface area contributed by atoms with Crippen molar-refractivity contribution in [2.24, 2.45) is 7.05 Å². The van der Waals surface area contributed by atoms with Crippen LogP contribution in [0.3, 0.4) is 0 Å². The van der Waals surface area contributed by atoms with Crippen LogP contribution in [0.4, 0.5) is 14.6 Å². The molecule has 0 aliphatic carbocycles. The predicted molar refractivity (Wildman–Crippen MR) is 129 cm³/mol. The van der Waals surface area contributed by atoms with E-state index >= 15 is 0 Å². The fourth-order valence-electron chi connectivity index (χ4n) is 4.50. The van der Waals surface area contributed by atoms with Crippen molar-refractivity contribution in [3.8, 4) is 0 Å². The fraction of sp³-hybridized carbons (Fsp3) is 0.440. The first kappa shape index (κ1) is 24.7. The predicted octanol–water partition coefficient (Wildman–Crippen LogP) is 3.75. The van der Waals surface area contributed by atoms with Gasteiger partial charge in [0.05, 0.1) is 30.7 Å². The summed E-state index contributed by atoms with van der Waals surface area (Å²) in [7, 11) is 1.55. The molecule has 4 rings (SSSR count). The van der Waals surface area contributed by atoms with E-state index in [-0.39, 0.29) is 41.2 Å². The second-order valence-corrected chi connectivity index (χ2v) is 8.83. The van der Waals surface area contributed by atoms with Crippen LogP contribution in [0.2, 0.25) is 0 Å². The Morgan fingerprint density at radius 1 is 1.31 bits per heavy atom. The van der Waals surface area contributed by atoms with Crippen LogP contribution in [0.5, 0.6) is 0 Å². The number of carbonyl (C=O) groups is 1. The van der Waals surface area contributed by atoms with Gasteiger partial charge in [0.25, 0.3) is 11.5 Å². The number of hydrogen-bond acceptors (Lipinski definition) is 6. The number of aryl methyl sites for hydroxylation is 1. The van der Waals surface area contributed by atoms with E-state index in [0.29, 0.717) is 36.5 Å². The average molecular weight is 486 g/mol. The van der Waals surface area contributed by atoms with Crippen molar-refractivity contribution in [1.82, 2.24) is 19.4 Å². The Hall–Kier alpha value is -3.40. The van der Waals surface area contributed by atoms with E-state index in [1.807, 2.05) is 13.8 Å². The summed E-state index contributed by atoms with van der Waals surface area (Å²) in [5.74, 6) is -0.663. The maximum absolute atomic E-state index is 14.7. The lowest BCUT2D eigenvalue weighted by Crippen LogP contribution is -2.54. The molecule has 3 atom stereocenters. The number of carbonyl (C=O) groups excluding carboxylic acids is 1. The van der Waals surface area contributed by atoms with Crippen molar-refractivity contribution >= 4 is 22.8 Å². The summed E-state index contributed by atoms with van der Waals surface area (Å²) in [6.45, 7) is 5.99. The molecule has 3 heterocycles. The molecule has 1 saturated heterocycles. The Morgan fingerprint density at radius 3 is 2.80 bits per heavy atom. The lowest BCUT2D eigenvalue weighted by atomic mass is 10.1. The number of aromatic nitrogens is 3. The van der Waals surface area contributed by atoms with E-state index in [0.717, 1.165) is 0 Å². The van der Waals surface area contributed by atoms with Gasteiger partial charge in [-0.15, -0.1) is 0 Å². The molecule has 35 heavy (non-hydrogen) atoms. The molecule has 1 aliphatic heterocycles. The zero-order chi connectivity index (χ0) is 25.3. The Labute approximate surface area is 201 Å². The molecule has 3 unspecified atom stereocenters. The normalized spacial score (nSPS) is 19.1. The summed E-state index contributed by atoms with van der Waals surface area (Å²) < 4.78 is 35.3. The molecule has 0 radical (unpaired) electrons. The van der Waals surface area contributed by atoms with Gasteiger partial charge in [0.2, 0.25) is 0 Å². The largest absolute Gasteiger partial charge is 0.377 e. The van der Waals surface area contributed by atoms with Gasteiger partial charge < -0.3 is 15.0 Å². The number of anilines is 1. The summed E-state index contributed by atoms with van der Waals surface area (Å²) in [5, 5.41) is 3.50. The molecule has 0 saturated carbocycles. The Kier molecular flexibility index (Phi) is 7.11. The Balaban J connectivity index is 1.73. The van der Waals surface area contributed by atoms with E-state index in [2.05, 4.69) is 15.3 Å². The molecule has 1 amide bonds. The third kappa shape index (κ3) is 4.62. The minimum atomic E-state index is -1.44. The molecular formula is C25H29F2N5O3. The van der Waals surface area contributed by atoms with Crippen molar-refractivity contribution in [2.75, 3.05) is 18.5 Å². The third-order valence-electron chi connectivity index (χ3n) is 6.46. The van der Waals surface area contributed by atoms with Gasteiger partial charge in [-0.05, 0) is 26.3 Å². The maximum atomic E-state index is 14.7. The molecule has 186 valence electrons. The number of hydrogen-bond donors (Lipinski definition) is 1. The molecule has 10 heteroatoms. The zero-order valence-electron chi connectivity index (χ0n) is 20.2.